The highest BCUT2D eigenvalue weighted by Crippen LogP contribution is 2.49. The standard InChI is InChI=1S/C9H17O7P/c1-8(16-17(11,13-3)14-4)7-9(10)15-6-5-12-2/h7H,5-6H2,1-4H3/b8-7+. The van der Waals surface area contributed by atoms with Gasteiger partial charge in [0.05, 0.1) is 12.7 Å². The zero-order valence-electron chi connectivity index (χ0n) is 10.3. The van der Waals surface area contributed by atoms with Crippen molar-refractivity contribution in [2.24, 2.45) is 0 Å². The molecule has 0 rings (SSSR count). The van der Waals surface area contributed by atoms with Gasteiger partial charge in [0.15, 0.2) is 0 Å². The first-order valence-electron chi connectivity index (χ1n) is 4.72. The summed E-state index contributed by atoms with van der Waals surface area (Å²) in [5.41, 5.74) is 0. The molecule has 0 fully saturated rings. The predicted molar refractivity (Wildman–Crippen MR) is 59.3 cm³/mol. The molecule has 0 aromatic heterocycles. The number of carbonyl (C=O) groups is 1. The van der Waals surface area contributed by atoms with E-state index in [1.165, 1.54) is 28.3 Å². The molecular weight excluding hydrogens is 251 g/mol. The lowest BCUT2D eigenvalue weighted by atomic mass is 10.5. The zero-order valence-corrected chi connectivity index (χ0v) is 11.2. The third kappa shape index (κ3) is 7.12. The predicted octanol–water partition coefficient (Wildman–Crippen LogP) is 1.50. The Balaban J connectivity index is 4.25. The highest BCUT2D eigenvalue weighted by molar-refractivity contribution is 7.48. The summed E-state index contributed by atoms with van der Waals surface area (Å²) < 4.78 is 34.9. The minimum absolute atomic E-state index is 0.0689. The Kier molecular flexibility index (Phi) is 7.82. The molecule has 0 radical (unpaired) electrons. The molecule has 17 heavy (non-hydrogen) atoms. The van der Waals surface area contributed by atoms with Crippen molar-refractivity contribution in [1.82, 2.24) is 0 Å². The van der Waals surface area contributed by atoms with E-state index in [2.05, 4.69) is 9.05 Å². The van der Waals surface area contributed by atoms with Crippen LogP contribution in [0.1, 0.15) is 6.92 Å². The summed E-state index contributed by atoms with van der Waals surface area (Å²) in [4.78, 5) is 11.2. The van der Waals surface area contributed by atoms with E-state index >= 15 is 0 Å². The Morgan fingerprint density at radius 1 is 1.18 bits per heavy atom. The maximum atomic E-state index is 11.5. The molecule has 0 aromatic rings. The number of carbonyl (C=O) groups excluding carboxylic acids is 1. The average Bonchev–Trinajstić information content (AvgIpc) is 2.29. The number of rotatable bonds is 8. The molecule has 100 valence electrons. The van der Waals surface area contributed by atoms with E-state index in [-0.39, 0.29) is 12.4 Å². The van der Waals surface area contributed by atoms with Crippen molar-refractivity contribution in [2.45, 2.75) is 6.92 Å². The number of methoxy groups -OCH3 is 1. The van der Waals surface area contributed by atoms with Gasteiger partial charge < -0.3 is 14.0 Å². The molecule has 0 atom stereocenters. The van der Waals surface area contributed by atoms with Crippen LogP contribution in [0.5, 0.6) is 0 Å². The Morgan fingerprint density at radius 3 is 2.24 bits per heavy atom. The summed E-state index contributed by atoms with van der Waals surface area (Å²) >= 11 is 0. The first kappa shape index (κ1) is 16.1. The minimum Gasteiger partial charge on any atom is -0.460 e. The van der Waals surface area contributed by atoms with Gasteiger partial charge >= 0.3 is 13.8 Å². The van der Waals surface area contributed by atoms with Crippen LogP contribution in [-0.2, 0) is 32.4 Å². The van der Waals surface area contributed by atoms with Gasteiger partial charge in [-0.15, -0.1) is 0 Å². The molecule has 0 N–H and O–H groups in total. The Labute approximate surface area is 100 Å². The van der Waals surface area contributed by atoms with Crippen molar-refractivity contribution in [3.63, 3.8) is 0 Å². The molecule has 0 saturated carbocycles. The summed E-state index contributed by atoms with van der Waals surface area (Å²) in [6.45, 7) is 1.86. The SMILES string of the molecule is COCCOC(=O)/C=C(\C)OP(=O)(OC)OC. The van der Waals surface area contributed by atoms with Crippen molar-refractivity contribution in [1.29, 1.82) is 0 Å². The van der Waals surface area contributed by atoms with Crippen LogP contribution in [0, 0.1) is 0 Å². The van der Waals surface area contributed by atoms with Gasteiger partial charge in [0.1, 0.15) is 12.4 Å². The van der Waals surface area contributed by atoms with Crippen molar-refractivity contribution >= 4 is 13.8 Å². The molecule has 7 nitrogen and oxygen atoms in total. The van der Waals surface area contributed by atoms with Gasteiger partial charge in [-0.05, 0) is 6.92 Å². The molecule has 0 aromatic carbocycles. The monoisotopic (exact) mass is 268 g/mol. The lowest BCUT2D eigenvalue weighted by Crippen LogP contribution is -2.08. The zero-order chi connectivity index (χ0) is 13.3. The van der Waals surface area contributed by atoms with Crippen LogP contribution in [0.3, 0.4) is 0 Å². The molecule has 0 amide bonds. The van der Waals surface area contributed by atoms with Crippen molar-refractivity contribution < 1.29 is 32.4 Å². The molecule has 8 heteroatoms. The first-order valence-corrected chi connectivity index (χ1v) is 6.18. The third-order valence-corrected chi connectivity index (χ3v) is 2.96. The first-order chi connectivity index (χ1) is 7.97. The molecule has 0 unspecified atom stereocenters. The highest BCUT2D eigenvalue weighted by atomic mass is 31.2. The molecule has 0 aliphatic carbocycles. The van der Waals surface area contributed by atoms with Crippen LogP contribution in [0.2, 0.25) is 0 Å². The molecule has 0 bridgehead atoms. The largest absolute Gasteiger partial charge is 0.529 e. The van der Waals surface area contributed by atoms with Gasteiger partial charge in [0, 0.05) is 21.3 Å². The van der Waals surface area contributed by atoms with Gasteiger partial charge in [-0.3, -0.25) is 9.05 Å². The van der Waals surface area contributed by atoms with Gasteiger partial charge in [0.2, 0.25) is 0 Å². The topological polar surface area (TPSA) is 80.3 Å². The van der Waals surface area contributed by atoms with Crippen LogP contribution in [-0.4, -0.2) is 40.5 Å². The van der Waals surface area contributed by atoms with E-state index in [0.29, 0.717) is 6.61 Å². The van der Waals surface area contributed by atoms with E-state index in [1.54, 1.807) is 0 Å². The van der Waals surface area contributed by atoms with E-state index < -0.39 is 13.8 Å². The van der Waals surface area contributed by atoms with E-state index in [1.807, 2.05) is 0 Å². The summed E-state index contributed by atoms with van der Waals surface area (Å²) in [5.74, 6) is -0.558. The summed E-state index contributed by atoms with van der Waals surface area (Å²) in [6.07, 6.45) is 1.04. The van der Waals surface area contributed by atoms with Crippen molar-refractivity contribution in [2.75, 3.05) is 34.5 Å². The van der Waals surface area contributed by atoms with Crippen LogP contribution >= 0.6 is 7.82 Å². The van der Waals surface area contributed by atoms with Crippen LogP contribution in [0.25, 0.3) is 0 Å². The molecule has 0 aliphatic rings. The van der Waals surface area contributed by atoms with Crippen LogP contribution < -0.4 is 0 Å². The van der Waals surface area contributed by atoms with Gasteiger partial charge in [-0.25, -0.2) is 9.36 Å². The van der Waals surface area contributed by atoms with Gasteiger partial charge in [-0.1, -0.05) is 0 Å². The van der Waals surface area contributed by atoms with Crippen molar-refractivity contribution in [3.05, 3.63) is 11.8 Å². The van der Waals surface area contributed by atoms with Crippen LogP contribution in [0.4, 0.5) is 0 Å². The number of hydrogen-bond acceptors (Lipinski definition) is 7. The van der Waals surface area contributed by atoms with Gasteiger partial charge in [-0.2, -0.15) is 0 Å². The van der Waals surface area contributed by atoms with Crippen LogP contribution in [0.15, 0.2) is 11.8 Å². The number of phosphoric ester groups is 1. The highest BCUT2D eigenvalue weighted by Gasteiger charge is 2.24. The second kappa shape index (κ2) is 8.25. The number of esters is 1. The molecule has 0 aliphatic heterocycles. The van der Waals surface area contributed by atoms with E-state index in [4.69, 9.17) is 14.0 Å². The fourth-order valence-electron chi connectivity index (χ4n) is 0.785. The summed E-state index contributed by atoms with van der Waals surface area (Å²) in [7, 11) is 0.216. The number of hydrogen-bond donors (Lipinski definition) is 0. The second-order valence-corrected chi connectivity index (χ2v) is 4.63. The quantitative estimate of drug-likeness (QED) is 0.217. The summed E-state index contributed by atoms with van der Waals surface area (Å²) in [5, 5.41) is 0. The average molecular weight is 268 g/mol. The lowest BCUT2D eigenvalue weighted by Gasteiger charge is -2.14. The fourth-order valence-corrected chi connectivity index (χ4v) is 1.49. The Morgan fingerprint density at radius 2 is 1.76 bits per heavy atom. The van der Waals surface area contributed by atoms with Crippen molar-refractivity contribution in [3.8, 4) is 0 Å². The molecule has 0 saturated heterocycles. The Hall–Kier alpha value is -0.880. The Bertz CT molecular complexity index is 304. The lowest BCUT2D eigenvalue weighted by molar-refractivity contribution is -0.139. The number of allylic oxidation sites excluding steroid dienone is 1. The normalized spacial score (nSPS) is 12.4. The summed E-state index contributed by atoms with van der Waals surface area (Å²) in [6, 6.07) is 0. The molecule has 0 spiro atoms. The van der Waals surface area contributed by atoms with E-state index in [9.17, 15) is 9.36 Å². The van der Waals surface area contributed by atoms with E-state index in [0.717, 1.165) is 6.08 Å². The second-order valence-electron chi connectivity index (χ2n) is 2.82. The molecular formula is C9H17O7P. The number of phosphoric acid groups is 1. The number of ether oxygens (including phenoxy) is 2. The maximum Gasteiger partial charge on any atom is 0.529 e. The smallest absolute Gasteiger partial charge is 0.460 e. The minimum atomic E-state index is -3.63. The maximum absolute atomic E-state index is 11.5. The molecule has 0 heterocycles. The third-order valence-electron chi connectivity index (χ3n) is 1.56. The fraction of sp³-hybridized carbons (Fsp3) is 0.667. The van der Waals surface area contributed by atoms with Gasteiger partial charge in [0.25, 0.3) is 0 Å².